The van der Waals surface area contributed by atoms with Crippen molar-refractivity contribution >= 4 is 15.8 Å². The molecule has 19 heavy (non-hydrogen) atoms. The van der Waals surface area contributed by atoms with Gasteiger partial charge in [-0.2, -0.15) is 0 Å². The lowest BCUT2D eigenvalue weighted by Crippen LogP contribution is -2.25. The molecule has 1 unspecified atom stereocenters. The molecule has 5 heteroatoms. The van der Waals surface area contributed by atoms with Crippen LogP contribution in [-0.2, 0) is 14.8 Å². The molecule has 0 radical (unpaired) electrons. The molecule has 0 saturated heterocycles. The second-order valence-electron chi connectivity index (χ2n) is 5.04. The molecule has 0 bridgehead atoms. The van der Waals surface area contributed by atoms with Gasteiger partial charge >= 0.3 is 0 Å². The van der Waals surface area contributed by atoms with E-state index in [1.54, 1.807) is 31.2 Å². The Labute approximate surface area is 114 Å². The molecule has 0 spiro atoms. The van der Waals surface area contributed by atoms with Crippen molar-refractivity contribution in [2.45, 2.75) is 50.0 Å². The van der Waals surface area contributed by atoms with Gasteiger partial charge in [0, 0.05) is 12.0 Å². The van der Waals surface area contributed by atoms with Crippen LogP contribution < -0.4 is 4.72 Å². The molecule has 2 rings (SSSR count). The van der Waals surface area contributed by atoms with Crippen LogP contribution in [0.4, 0.5) is 0 Å². The highest BCUT2D eigenvalue weighted by atomic mass is 32.2. The summed E-state index contributed by atoms with van der Waals surface area (Å²) in [4.78, 5) is 11.7. The SMILES string of the molecule is CCC(C(C)=O)c1ccc(S(=O)(=O)NC2CC2)cc1. The van der Waals surface area contributed by atoms with Crippen LogP contribution in [0, 0.1) is 0 Å². The van der Waals surface area contributed by atoms with Crippen molar-refractivity contribution in [3.8, 4) is 0 Å². The van der Waals surface area contributed by atoms with E-state index in [0.29, 0.717) is 0 Å². The lowest BCUT2D eigenvalue weighted by atomic mass is 9.93. The van der Waals surface area contributed by atoms with Crippen LogP contribution in [0.2, 0.25) is 0 Å². The summed E-state index contributed by atoms with van der Waals surface area (Å²) in [6.45, 7) is 3.51. The van der Waals surface area contributed by atoms with E-state index in [9.17, 15) is 13.2 Å². The molecule has 0 aliphatic heterocycles. The summed E-state index contributed by atoms with van der Waals surface area (Å²) in [6, 6.07) is 6.72. The van der Waals surface area contributed by atoms with Gasteiger partial charge in [0.15, 0.2) is 0 Å². The van der Waals surface area contributed by atoms with E-state index in [-0.39, 0.29) is 22.6 Å². The van der Waals surface area contributed by atoms with E-state index in [1.807, 2.05) is 6.92 Å². The summed E-state index contributed by atoms with van der Waals surface area (Å²) >= 11 is 0. The lowest BCUT2D eigenvalue weighted by molar-refractivity contribution is -0.118. The van der Waals surface area contributed by atoms with Crippen molar-refractivity contribution in [2.75, 3.05) is 0 Å². The third kappa shape index (κ3) is 3.42. The number of carbonyl (C=O) groups is 1. The Balaban J connectivity index is 2.19. The van der Waals surface area contributed by atoms with Gasteiger partial charge in [0.05, 0.1) is 4.90 Å². The first-order valence-corrected chi connectivity index (χ1v) is 8.05. The van der Waals surface area contributed by atoms with Crippen molar-refractivity contribution in [3.63, 3.8) is 0 Å². The maximum absolute atomic E-state index is 12.0. The van der Waals surface area contributed by atoms with Crippen LogP contribution in [-0.4, -0.2) is 20.2 Å². The summed E-state index contributed by atoms with van der Waals surface area (Å²) in [7, 11) is -3.40. The van der Waals surface area contributed by atoms with Crippen molar-refractivity contribution in [3.05, 3.63) is 29.8 Å². The Kier molecular flexibility index (Phi) is 4.06. The minimum Gasteiger partial charge on any atom is -0.299 e. The molecule has 104 valence electrons. The Morgan fingerprint density at radius 2 is 1.89 bits per heavy atom. The monoisotopic (exact) mass is 281 g/mol. The quantitative estimate of drug-likeness (QED) is 0.869. The minimum absolute atomic E-state index is 0.102. The Morgan fingerprint density at radius 1 is 1.32 bits per heavy atom. The van der Waals surface area contributed by atoms with Crippen LogP contribution in [0.25, 0.3) is 0 Å². The fraction of sp³-hybridized carbons (Fsp3) is 0.500. The molecule has 0 heterocycles. The smallest absolute Gasteiger partial charge is 0.240 e. The van der Waals surface area contributed by atoms with E-state index in [0.717, 1.165) is 24.8 Å². The number of sulfonamides is 1. The molecule has 1 saturated carbocycles. The van der Waals surface area contributed by atoms with Gasteiger partial charge < -0.3 is 0 Å². The van der Waals surface area contributed by atoms with Gasteiger partial charge in [0.2, 0.25) is 10.0 Å². The highest BCUT2D eigenvalue weighted by molar-refractivity contribution is 7.89. The zero-order valence-electron chi connectivity index (χ0n) is 11.2. The molecule has 1 aromatic carbocycles. The van der Waals surface area contributed by atoms with Gasteiger partial charge in [-0.1, -0.05) is 19.1 Å². The molecule has 1 aliphatic rings. The normalized spacial score (nSPS) is 17.2. The van der Waals surface area contributed by atoms with Crippen molar-refractivity contribution in [2.24, 2.45) is 0 Å². The largest absolute Gasteiger partial charge is 0.299 e. The number of Topliss-reactive ketones (excluding diaryl/α,β-unsaturated/α-hetero) is 1. The van der Waals surface area contributed by atoms with Gasteiger partial charge in [-0.25, -0.2) is 13.1 Å². The molecule has 1 fully saturated rings. The molecule has 1 aliphatic carbocycles. The van der Waals surface area contributed by atoms with Gasteiger partial charge in [-0.05, 0) is 43.9 Å². The average Bonchev–Trinajstić information content (AvgIpc) is 3.13. The van der Waals surface area contributed by atoms with Crippen LogP contribution in [0.3, 0.4) is 0 Å². The average molecular weight is 281 g/mol. The van der Waals surface area contributed by atoms with Gasteiger partial charge in [-0.15, -0.1) is 0 Å². The molecule has 0 aromatic heterocycles. The van der Waals surface area contributed by atoms with Gasteiger partial charge in [-0.3, -0.25) is 4.79 Å². The molecule has 4 nitrogen and oxygen atoms in total. The fourth-order valence-electron chi connectivity index (χ4n) is 2.13. The standard InChI is InChI=1S/C14H19NO3S/c1-3-14(10(2)16)11-4-8-13(9-5-11)19(17,18)15-12-6-7-12/h4-5,8-9,12,14-15H,3,6-7H2,1-2H3. The zero-order valence-corrected chi connectivity index (χ0v) is 12.0. The number of carbonyl (C=O) groups excluding carboxylic acids is 1. The topological polar surface area (TPSA) is 63.2 Å². The molecular weight excluding hydrogens is 262 g/mol. The van der Waals surface area contributed by atoms with Crippen LogP contribution in [0.15, 0.2) is 29.2 Å². The lowest BCUT2D eigenvalue weighted by Gasteiger charge is -2.12. The summed E-state index contributed by atoms with van der Waals surface area (Å²) < 4.78 is 26.6. The van der Waals surface area contributed by atoms with Crippen molar-refractivity contribution in [1.82, 2.24) is 4.72 Å². The summed E-state index contributed by atoms with van der Waals surface area (Å²) in [5, 5.41) is 0. The van der Waals surface area contributed by atoms with Gasteiger partial charge in [0.1, 0.15) is 5.78 Å². The number of benzene rings is 1. The van der Waals surface area contributed by atoms with Gasteiger partial charge in [0.25, 0.3) is 0 Å². The Morgan fingerprint density at radius 3 is 2.32 bits per heavy atom. The number of hydrogen-bond acceptors (Lipinski definition) is 3. The first-order valence-electron chi connectivity index (χ1n) is 6.56. The molecule has 1 aromatic rings. The second-order valence-corrected chi connectivity index (χ2v) is 6.75. The highest BCUT2D eigenvalue weighted by Crippen LogP contribution is 2.24. The third-order valence-electron chi connectivity index (χ3n) is 3.39. The predicted octanol–water partition coefficient (Wildman–Crippen LogP) is 2.21. The summed E-state index contributed by atoms with van der Waals surface area (Å²) in [5.41, 5.74) is 0.875. The van der Waals surface area contributed by atoms with E-state index in [4.69, 9.17) is 0 Å². The number of ketones is 1. The van der Waals surface area contributed by atoms with Crippen LogP contribution in [0.1, 0.15) is 44.6 Å². The first-order chi connectivity index (χ1) is 8.94. The highest BCUT2D eigenvalue weighted by Gasteiger charge is 2.28. The summed E-state index contributed by atoms with van der Waals surface area (Å²) in [6.07, 6.45) is 2.56. The van der Waals surface area contributed by atoms with E-state index >= 15 is 0 Å². The molecule has 0 amide bonds. The maximum Gasteiger partial charge on any atom is 0.240 e. The molecule has 1 N–H and O–H groups in total. The second kappa shape index (κ2) is 5.43. The Bertz CT molecular complexity index is 559. The zero-order chi connectivity index (χ0) is 14.0. The van der Waals surface area contributed by atoms with E-state index < -0.39 is 10.0 Å². The number of hydrogen-bond donors (Lipinski definition) is 1. The first kappa shape index (κ1) is 14.2. The van der Waals surface area contributed by atoms with E-state index in [2.05, 4.69) is 4.72 Å². The van der Waals surface area contributed by atoms with E-state index in [1.165, 1.54) is 0 Å². The van der Waals surface area contributed by atoms with Crippen molar-refractivity contribution in [1.29, 1.82) is 0 Å². The Hall–Kier alpha value is -1.20. The third-order valence-corrected chi connectivity index (χ3v) is 4.93. The minimum atomic E-state index is -3.40. The molecular formula is C14H19NO3S. The number of rotatable bonds is 6. The number of nitrogens with one attached hydrogen (secondary N) is 1. The van der Waals surface area contributed by atoms with Crippen LogP contribution in [0.5, 0.6) is 0 Å². The maximum atomic E-state index is 12.0. The van der Waals surface area contributed by atoms with Crippen molar-refractivity contribution < 1.29 is 13.2 Å². The predicted molar refractivity (Wildman–Crippen MR) is 73.5 cm³/mol. The molecule has 1 atom stereocenters. The van der Waals surface area contributed by atoms with Crippen LogP contribution >= 0.6 is 0 Å². The summed E-state index contributed by atoms with van der Waals surface area (Å²) in [5.74, 6) is -0.0395. The fourth-order valence-corrected chi connectivity index (χ4v) is 3.43.